The molecule has 4 aliphatic carbocycles. The number of Topliss-reactive ketones (excluding diaryl/α,β-unsaturated/α-hetero) is 1. The van der Waals surface area contributed by atoms with E-state index >= 15 is 4.39 Å². The second kappa shape index (κ2) is 5.84. The number of aliphatic hydroxyl groups is 4. The lowest BCUT2D eigenvalue weighted by atomic mass is 9.43. The predicted molar refractivity (Wildman–Crippen MR) is 101 cm³/mol. The number of fused-ring (bicyclic) bond motifs is 5. The van der Waals surface area contributed by atoms with Crippen LogP contribution in [0.1, 0.15) is 40.5 Å². The number of hydrogen-bond donors (Lipinski definition) is 4. The molecule has 3 fully saturated rings. The molecule has 0 aliphatic heterocycles. The van der Waals surface area contributed by atoms with Crippen molar-refractivity contribution in [3.05, 3.63) is 23.8 Å². The summed E-state index contributed by atoms with van der Waals surface area (Å²) in [6.07, 6.45) is -0.855. The molecule has 0 spiro atoms. The van der Waals surface area contributed by atoms with E-state index in [1.807, 2.05) is 0 Å². The summed E-state index contributed by atoms with van der Waals surface area (Å²) in [5.41, 5.74) is -6.75. The lowest BCUT2D eigenvalue weighted by Gasteiger charge is -2.64. The highest BCUT2D eigenvalue weighted by Crippen LogP contribution is 2.70. The van der Waals surface area contributed by atoms with Crippen molar-refractivity contribution in [3.63, 3.8) is 0 Å². The smallest absolute Gasteiger partial charge is 0.178 e. The van der Waals surface area contributed by atoms with Gasteiger partial charge in [-0.3, -0.25) is 9.59 Å². The Labute approximate surface area is 169 Å². The summed E-state index contributed by atoms with van der Waals surface area (Å²) in [4.78, 5) is 24.3. The second-order valence-corrected chi connectivity index (χ2v) is 9.97. The Kier molecular flexibility index (Phi) is 4.20. The number of aliphatic hydroxyl groups excluding tert-OH is 3. The fourth-order valence-electron chi connectivity index (χ4n) is 7.32. The second-order valence-electron chi connectivity index (χ2n) is 9.97. The molecule has 0 aromatic carbocycles. The van der Waals surface area contributed by atoms with Crippen LogP contribution in [0.3, 0.4) is 0 Å². The molecular weight excluding hydrogens is 379 g/mol. The van der Waals surface area contributed by atoms with Crippen LogP contribution < -0.4 is 0 Å². The van der Waals surface area contributed by atoms with Crippen LogP contribution in [0.15, 0.2) is 23.8 Å². The molecule has 0 amide bonds. The zero-order chi connectivity index (χ0) is 21.7. The van der Waals surface area contributed by atoms with Crippen molar-refractivity contribution in [2.45, 2.75) is 70.1 Å². The molecule has 0 bridgehead atoms. The van der Waals surface area contributed by atoms with Crippen molar-refractivity contribution in [2.75, 3.05) is 0 Å². The van der Waals surface area contributed by atoms with Crippen molar-refractivity contribution in [1.82, 2.24) is 0 Å². The third kappa shape index (κ3) is 2.10. The van der Waals surface area contributed by atoms with Gasteiger partial charge in [0.2, 0.25) is 0 Å². The van der Waals surface area contributed by atoms with Crippen molar-refractivity contribution in [3.8, 4) is 0 Å². The molecule has 10 atom stereocenters. The molecule has 0 aromatic heterocycles. The van der Waals surface area contributed by atoms with Gasteiger partial charge in [-0.05, 0) is 56.3 Å². The van der Waals surface area contributed by atoms with E-state index in [0.717, 1.165) is 6.08 Å². The number of halogens is 1. The van der Waals surface area contributed by atoms with Gasteiger partial charge in [-0.15, -0.1) is 0 Å². The lowest BCUT2D eigenvalue weighted by molar-refractivity contribution is -0.251. The third-order valence-corrected chi connectivity index (χ3v) is 8.85. The van der Waals surface area contributed by atoms with Gasteiger partial charge in [0.25, 0.3) is 0 Å². The summed E-state index contributed by atoms with van der Waals surface area (Å²) in [6.45, 7) is 6.19. The quantitative estimate of drug-likeness (QED) is 0.512. The molecule has 4 unspecified atom stereocenters. The van der Waals surface area contributed by atoms with Crippen molar-refractivity contribution in [1.29, 1.82) is 0 Å². The molecule has 29 heavy (non-hydrogen) atoms. The van der Waals surface area contributed by atoms with E-state index in [0.29, 0.717) is 0 Å². The molecule has 4 rings (SSSR count). The van der Waals surface area contributed by atoms with E-state index in [4.69, 9.17) is 0 Å². The topological polar surface area (TPSA) is 115 Å². The number of carbonyl (C=O) groups is 2. The highest BCUT2D eigenvalue weighted by molar-refractivity contribution is 6.01. The normalized spacial score (nSPS) is 56.3. The Morgan fingerprint density at radius 3 is 2.45 bits per heavy atom. The van der Waals surface area contributed by atoms with E-state index in [9.17, 15) is 30.0 Å². The van der Waals surface area contributed by atoms with E-state index in [-0.39, 0.29) is 18.4 Å². The molecule has 7 heteroatoms. The monoisotopic (exact) mass is 408 g/mol. The first-order valence-electron chi connectivity index (χ1n) is 10.2. The maximum absolute atomic E-state index is 17.0. The minimum absolute atomic E-state index is 0.0479. The molecule has 6 nitrogen and oxygen atoms in total. The van der Waals surface area contributed by atoms with Crippen LogP contribution in [0, 0.1) is 28.6 Å². The van der Waals surface area contributed by atoms with Gasteiger partial charge in [-0.2, -0.15) is 0 Å². The summed E-state index contributed by atoms with van der Waals surface area (Å²) >= 11 is 0. The first-order chi connectivity index (χ1) is 13.3. The van der Waals surface area contributed by atoms with Gasteiger partial charge in [0.15, 0.2) is 17.2 Å². The highest BCUT2D eigenvalue weighted by atomic mass is 19.1. The lowest BCUT2D eigenvalue weighted by Crippen LogP contribution is -2.74. The van der Waals surface area contributed by atoms with Crippen LogP contribution in [-0.2, 0) is 9.59 Å². The highest BCUT2D eigenvalue weighted by Gasteiger charge is 2.77. The fraction of sp³-hybridized carbons (Fsp3) is 0.727. The van der Waals surface area contributed by atoms with Crippen LogP contribution in [0.5, 0.6) is 0 Å². The maximum atomic E-state index is 17.0. The van der Waals surface area contributed by atoms with Gasteiger partial charge in [0, 0.05) is 16.7 Å². The number of allylic oxidation sites excluding steroid dienone is 3. The van der Waals surface area contributed by atoms with Crippen molar-refractivity contribution >= 4 is 11.6 Å². The predicted octanol–water partition coefficient (Wildman–Crippen LogP) is 0.865. The van der Waals surface area contributed by atoms with E-state index in [1.54, 1.807) is 13.8 Å². The number of alkyl halides is 1. The van der Waals surface area contributed by atoms with Gasteiger partial charge in [0.1, 0.15) is 11.7 Å². The molecule has 3 saturated carbocycles. The van der Waals surface area contributed by atoms with Gasteiger partial charge in [0.05, 0.1) is 12.2 Å². The maximum Gasteiger partial charge on any atom is 0.178 e. The summed E-state index contributed by atoms with van der Waals surface area (Å²) in [7, 11) is 0. The molecule has 0 saturated heterocycles. The zero-order valence-electron chi connectivity index (χ0n) is 17.1. The van der Waals surface area contributed by atoms with Gasteiger partial charge in [-0.1, -0.05) is 19.9 Å². The van der Waals surface area contributed by atoms with Crippen LogP contribution in [0.25, 0.3) is 0 Å². The Morgan fingerprint density at radius 1 is 1.24 bits per heavy atom. The first kappa shape index (κ1) is 20.8. The summed E-state index contributed by atoms with van der Waals surface area (Å²) in [6, 6.07) is 0. The standard InChI is InChI=1S/C22H29FO6/c1-10-7-13-16-18(28)17(27)14-8-12(25)5-6-19(14,3)21(16,23)15(26)9-20(13,4)22(10,29)11(2)24/h5-6,8,10,13,15-18,26-29H,7,9H2,1-4H3/t10?,13-,15?,16+,17?,18?,19-,20-,21+,22-/m0/s1. The first-order valence-corrected chi connectivity index (χ1v) is 10.2. The summed E-state index contributed by atoms with van der Waals surface area (Å²) < 4.78 is 17.0. The van der Waals surface area contributed by atoms with Crippen LogP contribution in [0.2, 0.25) is 0 Å². The Hall–Kier alpha value is -1.41. The van der Waals surface area contributed by atoms with Crippen molar-refractivity contribution < 1.29 is 34.4 Å². The molecule has 160 valence electrons. The van der Waals surface area contributed by atoms with E-state index < -0.39 is 69.7 Å². The van der Waals surface area contributed by atoms with Crippen molar-refractivity contribution in [2.24, 2.45) is 28.6 Å². The van der Waals surface area contributed by atoms with Gasteiger partial charge >= 0.3 is 0 Å². The molecule has 4 aliphatic rings. The number of ketones is 2. The number of hydrogen-bond acceptors (Lipinski definition) is 6. The third-order valence-electron chi connectivity index (χ3n) is 8.85. The average Bonchev–Trinajstić information content (AvgIpc) is 2.84. The van der Waals surface area contributed by atoms with Crippen LogP contribution in [0.4, 0.5) is 4.39 Å². The molecule has 0 heterocycles. The molecule has 0 radical (unpaired) electrons. The van der Waals surface area contributed by atoms with E-state index in [2.05, 4.69) is 0 Å². The SMILES string of the molecule is CC(=O)[C@@]1(O)C(C)C[C@H]2[C@@H]3C(O)C(O)C4=CC(=O)C=C[C@]4(C)[C@@]3(F)C(O)C[C@@]21C. The molecule has 0 aromatic rings. The number of carbonyl (C=O) groups excluding carboxylic acids is 2. The Balaban J connectivity index is 1.93. The minimum atomic E-state index is -2.37. The Morgan fingerprint density at radius 2 is 1.86 bits per heavy atom. The fourth-order valence-corrected chi connectivity index (χ4v) is 7.32. The largest absolute Gasteiger partial charge is 0.390 e. The number of rotatable bonds is 1. The average molecular weight is 408 g/mol. The zero-order valence-corrected chi connectivity index (χ0v) is 17.1. The van der Waals surface area contributed by atoms with Crippen LogP contribution >= 0.6 is 0 Å². The van der Waals surface area contributed by atoms with E-state index in [1.165, 1.54) is 26.0 Å². The van der Waals surface area contributed by atoms with Gasteiger partial charge in [-0.25, -0.2) is 4.39 Å². The summed E-state index contributed by atoms with van der Waals surface area (Å²) in [5, 5.41) is 44.3. The van der Waals surface area contributed by atoms with Crippen LogP contribution in [-0.4, -0.2) is 61.6 Å². The molecular formula is C22H29FO6. The minimum Gasteiger partial charge on any atom is -0.390 e. The summed E-state index contributed by atoms with van der Waals surface area (Å²) in [5.74, 6) is -3.23. The Bertz CT molecular complexity index is 852. The molecule has 4 N–H and O–H groups in total. The van der Waals surface area contributed by atoms with Gasteiger partial charge < -0.3 is 20.4 Å².